The molecule has 0 aliphatic heterocycles. The zero-order valence-electron chi connectivity index (χ0n) is 8.49. The summed E-state index contributed by atoms with van der Waals surface area (Å²) in [6, 6.07) is -0.626. The number of hydrogen-bond donors (Lipinski definition) is 3. The molecule has 1 heterocycles. The standard InChI is InChI=1S/C9H14N4O2/c1-6(9(10)15)13-8(14)3-2-7-4-11-5-12-7/h4-6H,2-3H2,1H3,(H2,10,15)(H,11,12)(H,13,14)/t6-/m0/s1. The first-order chi connectivity index (χ1) is 7.09. The summed E-state index contributed by atoms with van der Waals surface area (Å²) in [7, 11) is 0. The van der Waals surface area contributed by atoms with E-state index in [1.165, 1.54) is 0 Å². The summed E-state index contributed by atoms with van der Waals surface area (Å²) in [5.41, 5.74) is 5.89. The fourth-order valence-electron chi connectivity index (χ4n) is 1.05. The predicted molar refractivity (Wildman–Crippen MR) is 53.7 cm³/mol. The number of carbonyl (C=O) groups excluding carboxylic acids is 2. The molecule has 1 atom stereocenters. The number of aromatic nitrogens is 2. The molecule has 0 aliphatic carbocycles. The van der Waals surface area contributed by atoms with Crippen LogP contribution in [0, 0.1) is 0 Å². The summed E-state index contributed by atoms with van der Waals surface area (Å²) in [5.74, 6) is -0.735. The molecule has 0 saturated heterocycles. The van der Waals surface area contributed by atoms with Crippen molar-refractivity contribution in [2.45, 2.75) is 25.8 Å². The maximum Gasteiger partial charge on any atom is 0.239 e. The number of carbonyl (C=O) groups is 2. The van der Waals surface area contributed by atoms with E-state index in [4.69, 9.17) is 5.73 Å². The number of nitrogens with one attached hydrogen (secondary N) is 2. The average Bonchev–Trinajstić information content (AvgIpc) is 2.66. The van der Waals surface area contributed by atoms with Crippen LogP contribution in [0.4, 0.5) is 0 Å². The van der Waals surface area contributed by atoms with E-state index in [1.54, 1.807) is 19.4 Å². The predicted octanol–water partition coefficient (Wildman–Crippen LogP) is -0.668. The number of aryl methyl sites for hydroxylation is 1. The third-order valence-corrected chi connectivity index (χ3v) is 1.98. The summed E-state index contributed by atoms with van der Waals surface area (Å²) >= 11 is 0. The minimum absolute atomic E-state index is 0.198. The molecule has 0 spiro atoms. The molecule has 0 aliphatic rings. The fraction of sp³-hybridized carbons (Fsp3) is 0.444. The first-order valence-electron chi connectivity index (χ1n) is 4.65. The van der Waals surface area contributed by atoms with E-state index in [2.05, 4.69) is 15.3 Å². The van der Waals surface area contributed by atoms with Crippen LogP contribution in [0.25, 0.3) is 0 Å². The number of primary amides is 1. The highest BCUT2D eigenvalue weighted by molar-refractivity contribution is 5.86. The summed E-state index contributed by atoms with van der Waals surface area (Å²) in [5, 5.41) is 2.49. The SMILES string of the molecule is C[C@H](NC(=O)CCc1cnc[nH]1)C(N)=O. The first kappa shape index (κ1) is 11.2. The van der Waals surface area contributed by atoms with Crippen LogP contribution in [0.1, 0.15) is 19.0 Å². The van der Waals surface area contributed by atoms with E-state index in [0.717, 1.165) is 5.69 Å². The van der Waals surface area contributed by atoms with Gasteiger partial charge in [0.2, 0.25) is 11.8 Å². The fourth-order valence-corrected chi connectivity index (χ4v) is 1.05. The zero-order chi connectivity index (χ0) is 11.3. The second-order valence-corrected chi connectivity index (χ2v) is 3.27. The highest BCUT2D eigenvalue weighted by atomic mass is 16.2. The molecule has 1 aromatic heterocycles. The van der Waals surface area contributed by atoms with Gasteiger partial charge in [-0.1, -0.05) is 0 Å². The zero-order valence-corrected chi connectivity index (χ0v) is 8.49. The number of nitrogens with two attached hydrogens (primary N) is 1. The molecule has 6 nitrogen and oxygen atoms in total. The van der Waals surface area contributed by atoms with Crippen molar-refractivity contribution < 1.29 is 9.59 Å². The molecular formula is C9H14N4O2. The maximum atomic E-state index is 11.3. The van der Waals surface area contributed by atoms with Crippen molar-refractivity contribution in [2.75, 3.05) is 0 Å². The van der Waals surface area contributed by atoms with Crippen LogP contribution >= 0.6 is 0 Å². The molecule has 0 saturated carbocycles. The van der Waals surface area contributed by atoms with E-state index >= 15 is 0 Å². The van der Waals surface area contributed by atoms with Crippen molar-refractivity contribution in [3.8, 4) is 0 Å². The van der Waals surface area contributed by atoms with Crippen molar-refractivity contribution in [3.63, 3.8) is 0 Å². The van der Waals surface area contributed by atoms with Crippen molar-refractivity contribution in [3.05, 3.63) is 18.2 Å². The Morgan fingerprint density at radius 1 is 1.67 bits per heavy atom. The molecular weight excluding hydrogens is 196 g/mol. The lowest BCUT2D eigenvalue weighted by Gasteiger charge is -2.09. The quantitative estimate of drug-likeness (QED) is 0.600. The van der Waals surface area contributed by atoms with Crippen molar-refractivity contribution in [1.29, 1.82) is 0 Å². The summed E-state index contributed by atoms with van der Waals surface area (Å²) in [6.45, 7) is 1.55. The lowest BCUT2D eigenvalue weighted by Crippen LogP contribution is -2.42. The van der Waals surface area contributed by atoms with Gasteiger partial charge in [0.15, 0.2) is 0 Å². The van der Waals surface area contributed by atoms with E-state index in [-0.39, 0.29) is 5.91 Å². The van der Waals surface area contributed by atoms with Crippen LogP contribution < -0.4 is 11.1 Å². The van der Waals surface area contributed by atoms with Gasteiger partial charge >= 0.3 is 0 Å². The Hall–Kier alpha value is -1.85. The van der Waals surface area contributed by atoms with Crippen molar-refractivity contribution in [1.82, 2.24) is 15.3 Å². The monoisotopic (exact) mass is 210 g/mol. The number of rotatable bonds is 5. The number of hydrogen-bond acceptors (Lipinski definition) is 3. The van der Waals surface area contributed by atoms with Gasteiger partial charge in [0, 0.05) is 18.3 Å². The second-order valence-electron chi connectivity index (χ2n) is 3.27. The van der Waals surface area contributed by atoms with E-state index in [1.807, 2.05) is 0 Å². The Balaban J connectivity index is 2.28. The van der Waals surface area contributed by atoms with Gasteiger partial charge in [-0.05, 0) is 13.3 Å². The molecule has 0 unspecified atom stereocenters. The number of amides is 2. The third kappa shape index (κ3) is 3.80. The van der Waals surface area contributed by atoms with Crippen LogP contribution in [0.2, 0.25) is 0 Å². The van der Waals surface area contributed by atoms with Gasteiger partial charge in [0.1, 0.15) is 6.04 Å². The van der Waals surface area contributed by atoms with Gasteiger partial charge in [0.25, 0.3) is 0 Å². The second kappa shape index (κ2) is 5.14. The van der Waals surface area contributed by atoms with Gasteiger partial charge in [-0.15, -0.1) is 0 Å². The number of nitrogens with zero attached hydrogens (tertiary/aromatic N) is 1. The lowest BCUT2D eigenvalue weighted by molar-refractivity contribution is -0.126. The van der Waals surface area contributed by atoms with Crippen LogP contribution in [-0.4, -0.2) is 27.8 Å². The Labute approximate surface area is 87.3 Å². The van der Waals surface area contributed by atoms with Crippen molar-refractivity contribution >= 4 is 11.8 Å². The Morgan fingerprint density at radius 2 is 2.40 bits per heavy atom. The molecule has 0 fully saturated rings. The molecule has 0 radical (unpaired) electrons. The molecule has 0 bridgehead atoms. The maximum absolute atomic E-state index is 11.3. The first-order valence-corrected chi connectivity index (χ1v) is 4.65. The number of H-pyrrole nitrogens is 1. The van der Waals surface area contributed by atoms with Gasteiger partial charge in [0.05, 0.1) is 6.33 Å². The highest BCUT2D eigenvalue weighted by Gasteiger charge is 2.11. The number of aromatic amines is 1. The van der Waals surface area contributed by atoms with Crippen LogP contribution in [0.3, 0.4) is 0 Å². The minimum atomic E-state index is -0.626. The molecule has 1 aromatic rings. The average molecular weight is 210 g/mol. The Bertz CT molecular complexity index is 334. The van der Waals surface area contributed by atoms with Crippen LogP contribution in [0.15, 0.2) is 12.5 Å². The molecule has 82 valence electrons. The van der Waals surface area contributed by atoms with Crippen LogP contribution in [0.5, 0.6) is 0 Å². The molecule has 2 amide bonds. The van der Waals surface area contributed by atoms with E-state index < -0.39 is 11.9 Å². The van der Waals surface area contributed by atoms with Gasteiger partial charge in [-0.25, -0.2) is 4.98 Å². The van der Waals surface area contributed by atoms with Crippen LogP contribution in [-0.2, 0) is 16.0 Å². The largest absolute Gasteiger partial charge is 0.368 e. The third-order valence-electron chi connectivity index (χ3n) is 1.98. The lowest BCUT2D eigenvalue weighted by atomic mass is 10.2. The minimum Gasteiger partial charge on any atom is -0.368 e. The highest BCUT2D eigenvalue weighted by Crippen LogP contribution is 1.96. The summed E-state index contributed by atoms with van der Waals surface area (Å²) in [6.07, 6.45) is 4.08. The normalized spacial score (nSPS) is 12.1. The molecule has 6 heteroatoms. The van der Waals surface area contributed by atoms with E-state index in [9.17, 15) is 9.59 Å². The summed E-state index contributed by atoms with van der Waals surface area (Å²) in [4.78, 5) is 28.7. The smallest absolute Gasteiger partial charge is 0.239 e. The summed E-state index contributed by atoms with van der Waals surface area (Å²) < 4.78 is 0. The molecule has 15 heavy (non-hydrogen) atoms. The Morgan fingerprint density at radius 3 is 2.93 bits per heavy atom. The molecule has 1 rings (SSSR count). The molecule has 4 N–H and O–H groups in total. The molecule has 0 aromatic carbocycles. The van der Waals surface area contributed by atoms with Gasteiger partial charge in [-0.2, -0.15) is 0 Å². The van der Waals surface area contributed by atoms with Crippen molar-refractivity contribution in [2.24, 2.45) is 5.73 Å². The number of imidazole rings is 1. The van der Waals surface area contributed by atoms with Gasteiger partial charge in [-0.3, -0.25) is 9.59 Å². The van der Waals surface area contributed by atoms with E-state index in [0.29, 0.717) is 12.8 Å². The van der Waals surface area contributed by atoms with Gasteiger partial charge < -0.3 is 16.0 Å². The Kier molecular flexibility index (Phi) is 3.84. The topological polar surface area (TPSA) is 101 Å².